The van der Waals surface area contributed by atoms with Crippen molar-refractivity contribution >= 4 is 16.9 Å². The van der Waals surface area contributed by atoms with E-state index in [0.29, 0.717) is 0 Å². The molecular weight excluding hydrogens is 176 g/mol. The second-order valence-electron chi connectivity index (χ2n) is 2.43. The normalized spacial score (nSPS) is 10.5. The van der Waals surface area contributed by atoms with Crippen LogP contribution in [0.15, 0.2) is 27.5 Å². The molecule has 1 N–H and O–H groups in total. The van der Waals surface area contributed by atoms with E-state index in [-0.39, 0.29) is 11.0 Å². The van der Waals surface area contributed by atoms with E-state index < -0.39 is 16.4 Å². The Bertz CT molecular complexity index is 525. The molecule has 2 aromatic rings. The Morgan fingerprint density at radius 1 is 1.54 bits per heavy atom. The summed E-state index contributed by atoms with van der Waals surface area (Å²) in [5.41, 5.74) is -0.176. The van der Waals surface area contributed by atoms with Crippen LogP contribution in [0.1, 0.15) is 0 Å². The number of H-pyrrole nitrogens is 1. The summed E-state index contributed by atoms with van der Waals surface area (Å²) in [5, 5.41) is 10.5. The zero-order chi connectivity index (χ0) is 9.42. The highest BCUT2D eigenvalue weighted by molar-refractivity contribution is 5.78. The molecule has 0 spiro atoms. The second-order valence-corrected chi connectivity index (χ2v) is 2.43. The molecule has 0 radical (unpaired) electrons. The maximum absolute atomic E-state index is 11.1. The highest BCUT2D eigenvalue weighted by atomic mass is 16.6. The van der Waals surface area contributed by atoms with E-state index in [1.54, 1.807) is 0 Å². The van der Waals surface area contributed by atoms with Crippen LogP contribution in [-0.2, 0) is 0 Å². The van der Waals surface area contributed by atoms with Crippen LogP contribution in [0.4, 0.5) is 5.88 Å². The van der Waals surface area contributed by atoms with Gasteiger partial charge in [-0.2, -0.15) is 0 Å². The van der Waals surface area contributed by atoms with E-state index in [1.165, 1.54) is 12.3 Å². The number of rotatable bonds is 1. The first-order chi connectivity index (χ1) is 6.18. The van der Waals surface area contributed by atoms with Gasteiger partial charge in [0, 0.05) is 6.20 Å². The summed E-state index contributed by atoms with van der Waals surface area (Å²) >= 11 is 0. The summed E-state index contributed by atoms with van der Waals surface area (Å²) in [7, 11) is 0. The second kappa shape index (κ2) is 2.44. The number of pyridine rings is 1. The smallest absolute Gasteiger partial charge is 0.400 e. The molecule has 0 fully saturated rings. The molecule has 0 atom stereocenters. The monoisotopic (exact) mass is 180 g/mol. The molecule has 2 rings (SSSR count). The summed E-state index contributed by atoms with van der Waals surface area (Å²) in [6.45, 7) is 0. The number of hydrogen-bond donors (Lipinski definition) is 1. The number of aromatic amines is 1. The van der Waals surface area contributed by atoms with Gasteiger partial charge in [0.15, 0.2) is 0 Å². The predicted molar refractivity (Wildman–Crippen MR) is 43.5 cm³/mol. The molecule has 0 amide bonds. The van der Waals surface area contributed by atoms with Crippen molar-refractivity contribution in [1.29, 1.82) is 0 Å². The van der Waals surface area contributed by atoms with E-state index >= 15 is 0 Å². The number of fused-ring (bicyclic) bond motifs is 1. The summed E-state index contributed by atoms with van der Waals surface area (Å²) in [6.07, 6.45) is 1.37. The summed E-state index contributed by atoms with van der Waals surface area (Å²) in [5.74, 6) is -0.424. The molecule has 0 aliphatic heterocycles. The average Bonchev–Trinajstić information content (AvgIpc) is 2.49. The maximum Gasteiger partial charge on any atom is 0.434 e. The van der Waals surface area contributed by atoms with Crippen molar-refractivity contribution < 1.29 is 9.34 Å². The molecule has 0 bridgehead atoms. The van der Waals surface area contributed by atoms with Gasteiger partial charge in [-0.3, -0.25) is 14.9 Å². The predicted octanol–water partition coefficient (Wildman–Crippen LogP) is 1.03. The first-order valence-corrected chi connectivity index (χ1v) is 3.44. The first-order valence-electron chi connectivity index (χ1n) is 3.44. The lowest BCUT2D eigenvalue weighted by molar-refractivity contribution is -0.401. The molecule has 6 nitrogen and oxygen atoms in total. The number of furan rings is 1. The van der Waals surface area contributed by atoms with Crippen LogP contribution < -0.4 is 5.56 Å². The van der Waals surface area contributed by atoms with Crippen LogP contribution in [0.2, 0.25) is 0 Å². The van der Waals surface area contributed by atoms with E-state index in [2.05, 4.69) is 4.98 Å². The zero-order valence-electron chi connectivity index (χ0n) is 6.31. The molecule has 0 aromatic carbocycles. The number of aromatic nitrogens is 1. The Morgan fingerprint density at radius 3 is 2.92 bits per heavy atom. The molecule has 13 heavy (non-hydrogen) atoms. The minimum atomic E-state index is -0.681. The largest absolute Gasteiger partial charge is 0.434 e. The highest BCUT2D eigenvalue weighted by Crippen LogP contribution is 2.20. The van der Waals surface area contributed by atoms with Gasteiger partial charge in [0.05, 0.1) is 11.5 Å². The molecule has 6 heteroatoms. The molecule has 0 unspecified atom stereocenters. The van der Waals surface area contributed by atoms with Gasteiger partial charge in [-0.1, -0.05) is 0 Å². The van der Waals surface area contributed by atoms with E-state index in [0.717, 1.165) is 6.07 Å². The molecule has 0 saturated heterocycles. The quantitative estimate of drug-likeness (QED) is 0.524. The van der Waals surface area contributed by atoms with Gasteiger partial charge in [0.2, 0.25) is 0 Å². The fourth-order valence-corrected chi connectivity index (χ4v) is 1.05. The molecule has 0 aliphatic carbocycles. The third-order valence-electron chi connectivity index (χ3n) is 1.62. The maximum atomic E-state index is 11.1. The van der Waals surface area contributed by atoms with E-state index in [9.17, 15) is 14.9 Å². The minimum absolute atomic E-state index is 0.189. The molecule has 2 heterocycles. The van der Waals surface area contributed by atoms with Gasteiger partial charge < -0.3 is 9.40 Å². The third kappa shape index (κ3) is 1.08. The van der Waals surface area contributed by atoms with Gasteiger partial charge in [-0.15, -0.1) is 0 Å². The van der Waals surface area contributed by atoms with Gasteiger partial charge in [-0.05, 0) is 6.07 Å². The van der Waals surface area contributed by atoms with E-state index in [4.69, 9.17) is 4.42 Å². The van der Waals surface area contributed by atoms with Gasteiger partial charge in [0.25, 0.3) is 5.56 Å². The Balaban J connectivity index is 2.83. The lowest BCUT2D eigenvalue weighted by Gasteiger charge is -1.82. The van der Waals surface area contributed by atoms with Crippen molar-refractivity contribution in [3.05, 3.63) is 38.8 Å². The highest BCUT2D eigenvalue weighted by Gasteiger charge is 2.14. The first kappa shape index (κ1) is 7.53. The van der Waals surface area contributed by atoms with Crippen molar-refractivity contribution in [2.75, 3.05) is 0 Å². The van der Waals surface area contributed by atoms with Crippen molar-refractivity contribution in [1.82, 2.24) is 4.98 Å². The molecular formula is C7H4N2O4. The van der Waals surface area contributed by atoms with Crippen molar-refractivity contribution in [3.63, 3.8) is 0 Å². The summed E-state index contributed by atoms with van der Waals surface area (Å²) < 4.78 is 4.79. The lowest BCUT2D eigenvalue weighted by atomic mass is 10.3. The topological polar surface area (TPSA) is 89.1 Å². The van der Waals surface area contributed by atoms with Gasteiger partial charge in [0.1, 0.15) is 10.5 Å². The SMILES string of the molecule is O=c1[nH]ccc2oc([N+](=O)[O-])cc12. The summed E-state index contributed by atoms with van der Waals surface area (Å²) in [6, 6.07) is 2.57. The average molecular weight is 180 g/mol. The van der Waals surface area contributed by atoms with Crippen LogP contribution in [0, 0.1) is 10.1 Å². The summed E-state index contributed by atoms with van der Waals surface area (Å²) in [4.78, 5) is 23.1. The standard InChI is InChI=1S/C7H4N2O4/c10-7-4-3-6(9(11)12)13-5(4)1-2-8-7/h1-3H,(H,8,10). The Hall–Kier alpha value is -2.11. The van der Waals surface area contributed by atoms with Crippen LogP contribution in [0.5, 0.6) is 0 Å². The van der Waals surface area contributed by atoms with Crippen molar-refractivity contribution in [2.24, 2.45) is 0 Å². The minimum Gasteiger partial charge on any atom is -0.400 e. The van der Waals surface area contributed by atoms with Gasteiger partial charge in [-0.25, -0.2) is 0 Å². The van der Waals surface area contributed by atoms with Crippen LogP contribution in [-0.4, -0.2) is 9.91 Å². The Labute approximate surface area is 70.9 Å². The Morgan fingerprint density at radius 2 is 2.31 bits per heavy atom. The number of nitrogens with zero attached hydrogens (tertiary/aromatic N) is 1. The zero-order valence-corrected chi connectivity index (χ0v) is 6.31. The van der Waals surface area contributed by atoms with Crippen LogP contribution >= 0.6 is 0 Å². The van der Waals surface area contributed by atoms with E-state index in [1.807, 2.05) is 0 Å². The molecule has 2 aromatic heterocycles. The fraction of sp³-hybridized carbons (Fsp3) is 0. The number of nitro groups is 1. The van der Waals surface area contributed by atoms with Crippen LogP contribution in [0.3, 0.4) is 0 Å². The third-order valence-corrected chi connectivity index (χ3v) is 1.62. The number of hydrogen-bond acceptors (Lipinski definition) is 4. The molecule has 0 saturated carbocycles. The lowest BCUT2D eigenvalue weighted by Crippen LogP contribution is -2.02. The van der Waals surface area contributed by atoms with Gasteiger partial charge >= 0.3 is 5.88 Å². The van der Waals surface area contributed by atoms with Crippen LogP contribution in [0.25, 0.3) is 11.0 Å². The fourth-order valence-electron chi connectivity index (χ4n) is 1.05. The van der Waals surface area contributed by atoms with Crippen molar-refractivity contribution in [2.45, 2.75) is 0 Å². The Kier molecular flexibility index (Phi) is 1.42. The molecule has 0 aliphatic rings. The number of nitrogens with one attached hydrogen (secondary N) is 1. The molecule has 66 valence electrons. The van der Waals surface area contributed by atoms with Crippen molar-refractivity contribution in [3.8, 4) is 0 Å².